The van der Waals surface area contributed by atoms with Crippen LogP contribution in [0.15, 0.2) is 12.1 Å². The number of hydrogen-bond acceptors (Lipinski definition) is 4. The predicted molar refractivity (Wildman–Crippen MR) is 85.4 cm³/mol. The molecule has 22 heavy (non-hydrogen) atoms. The van der Waals surface area contributed by atoms with Crippen LogP contribution in [-0.4, -0.2) is 36.6 Å². The van der Waals surface area contributed by atoms with Crippen molar-refractivity contribution in [3.05, 3.63) is 29.3 Å². The summed E-state index contributed by atoms with van der Waals surface area (Å²) < 4.78 is 36.1. The van der Waals surface area contributed by atoms with Gasteiger partial charge in [-0.15, -0.1) is 0 Å². The number of piperidine rings is 2. The quantitative estimate of drug-likeness (QED) is 0.834. The lowest BCUT2D eigenvalue weighted by Gasteiger charge is -2.29. The van der Waals surface area contributed by atoms with E-state index in [2.05, 4.69) is 18.1 Å². The Labute approximate surface area is 135 Å². The third kappa shape index (κ3) is 3.73. The Kier molecular flexibility index (Phi) is 5.21. The SMILES string of the molecule is Fc1cc(C2CCN(S)CC2)cc(F)c1OC1CCNCC1. The van der Waals surface area contributed by atoms with Crippen LogP contribution in [-0.2, 0) is 0 Å². The van der Waals surface area contributed by atoms with E-state index in [1.165, 1.54) is 12.1 Å². The third-order valence-electron chi connectivity index (χ3n) is 4.53. The zero-order valence-electron chi connectivity index (χ0n) is 12.5. The van der Waals surface area contributed by atoms with Crippen molar-refractivity contribution in [1.82, 2.24) is 9.62 Å². The third-order valence-corrected chi connectivity index (χ3v) is 4.93. The zero-order valence-corrected chi connectivity index (χ0v) is 13.4. The smallest absolute Gasteiger partial charge is 0.191 e. The van der Waals surface area contributed by atoms with Crippen LogP contribution in [0.25, 0.3) is 0 Å². The molecule has 0 radical (unpaired) electrons. The molecule has 2 aliphatic heterocycles. The van der Waals surface area contributed by atoms with Gasteiger partial charge < -0.3 is 10.1 Å². The topological polar surface area (TPSA) is 24.5 Å². The Balaban J connectivity index is 1.73. The number of thiol groups is 1. The molecular formula is C16H22F2N2OS. The van der Waals surface area contributed by atoms with Gasteiger partial charge in [-0.3, -0.25) is 4.31 Å². The number of hydrogen-bond donors (Lipinski definition) is 2. The maximum absolute atomic E-state index is 14.3. The summed E-state index contributed by atoms with van der Waals surface area (Å²) in [6, 6.07) is 2.89. The normalized spacial score (nSPS) is 22.0. The first-order chi connectivity index (χ1) is 10.6. The first kappa shape index (κ1) is 16.0. The van der Waals surface area contributed by atoms with Gasteiger partial charge in [-0.05, 0) is 62.4 Å². The second kappa shape index (κ2) is 7.15. The Bertz CT molecular complexity index is 492. The van der Waals surface area contributed by atoms with Crippen LogP contribution in [0.5, 0.6) is 5.75 Å². The monoisotopic (exact) mass is 328 g/mol. The van der Waals surface area contributed by atoms with Crippen molar-refractivity contribution >= 4 is 12.8 Å². The predicted octanol–water partition coefficient (Wildman–Crippen LogP) is 3.12. The highest BCUT2D eigenvalue weighted by Gasteiger charge is 2.24. The molecule has 1 N–H and O–H groups in total. The largest absolute Gasteiger partial charge is 0.484 e. The van der Waals surface area contributed by atoms with Crippen LogP contribution in [0.1, 0.15) is 37.2 Å². The molecule has 0 amide bonds. The summed E-state index contributed by atoms with van der Waals surface area (Å²) in [6.45, 7) is 3.33. The Morgan fingerprint density at radius 1 is 1.05 bits per heavy atom. The standard InChI is InChI=1S/C16H22F2N2OS/c17-14-9-12(11-3-7-20(22)8-4-11)10-15(18)16(14)21-13-1-5-19-6-2-13/h9-11,13,19,22H,1-8H2. The van der Waals surface area contributed by atoms with E-state index in [9.17, 15) is 8.78 Å². The molecule has 0 spiro atoms. The Hall–Kier alpha value is -0.850. The second-order valence-electron chi connectivity index (χ2n) is 6.11. The molecule has 0 aliphatic carbocycles. The molecule has 2 fully saturated rings. The van der Waals surface area contributed by atoms with Crippen LogP contribution < -0.4 is 10.1 Å². The minimum absolute atomic E-state index is 0.108. The molecule has 2 aliphatic rings. The van der Waals surface area contributed by atoms with Crippen molar-refractivity contribution in [3.8, 4) is 5.75 Å². The van der Waals surface area contributed by atoms with Crippen molar-refractivity contribution in [1.29, 1.82) is 0 Å². The summed E-state index contributed by atoms with van der Waals surface area (Å²) in [5.74, 6) is -1.19. The summed E-state index contributed by atoms with van der Waals surface area (Å²) >= 11 is 4.31. The number of nitrogens with zero attached hydrogens (tertiary/aromatic N) is 1. The number of halogens is 2. The molecule has 0 bridgehead atoms. The number of nitrogens with one attached hydrogen (secondary N) is 1. The van der Waals surface area contributed by atoms with Crippen LogP contribution in [0.4, 0.5) is 8.78 Å². The van der Waals surface area contributed by atoms with Crippen molar-refractivity contribution in [3.63, 3.8) is 0 Å². The van der Waals surface area contributed by atoms with E-state index in [1.54, 1.807) is 0 Å². The molecular weight excluding hydrogens is 306 g/mol. The fourth-order valence-corrected chi connectivity index (χ4v) is 3.44. The number of rotatable bonds is 3. The summed E-state index contributed by atoms with van der Waals surface area (Å²) in [5.41, 5.74) is 0.731. The van der Waals surface area contributed by atoms with E-state index in [0.29, 0.717) is 0 Å². The van der Waals surface area contributed by atoms with Crippen LogP contribution >= 0.6 is 12.8 Å². The minimum Gasteiger partial charge on any atom is -0.484 e. The molecule has 0 atom stereocenters. The lowest BCUT2D eigenvalue weighted by atomic mass is 9.90. The van der Waals surface area contributed by atoms with Crippen molar-refractivity contribution in [2.45, 2.75) is 37.7 Å². The lowest BCUT2D eigenvalue weighted by molar-refractivity contribution is 0.148. The Morgan fingerprint density at radius 2 is 1.64 bits per heavy atom. The van der Waals surface area contributed by atoms with Gasteiger partial charge in [0.05, 0.1) is 0 Å². The van der Waals surface area contributed by atoms with E-state index >= 15 is 0 Å². The van der Waals surface area contributed by atoms with E-state index in [0.717, 1.165) is 57.4 Å². The fourth-order valence-electron chi connectivity index (χ4n) is 3.21. The number of benzene rings is 1. The average molecular weight is 328 g/mol. The van der Waals surface area contributed by atoms with E-state index in [1.807, 2.05) is 4.31 Å². The van der Waals surface area contributed by atoms with Gasteiger partial charge in [-0.25, -0.2) is 8.78 Å². The van der Waals surface area contributed by atoms with Crippen molar-refractivity contribution < 1.29 is 13.5 Å². The molecule has 2 saturated heterocycles. The highest BCUT2D eigenvalue weighted by molar-refractivity contribution is 7.77. The molecule has 3 nitrogen and oxygen atoms in total. The van der Waals surface area contributed by atoms with Gasteiger partial charge in [0.2, 0.25) is 0 Å². The summed E-state index contributed by atoms with van der Waals surface area (Å²) in [4.78, 5) is 0. The molecule has 2 heterocycles. The van der Waals surface area contributed by atoms with Crippen LogP contribution in [0, 0.1) is 11.6 Å². The highest BCUT2D eigenvalue weighted by Crippen LogP contribution is 2.33. The van der Waals surface area contributed by atoms with E-state index in [-0.39, 0.29) is 17.8 Å². The Morgan fingerprint density at radius 3 is 2.23 bits per heavy atom. The first-order valence-electron chi connectivity index (χ1n) is 7.93. The molecule has 0 aromatic heterocycles. The van der Waals surface area contributed by atoms with Gasteiger partial charge >= 0.3 is 0 Å². The van der Waals surface area contributed by atoms with Gasteiger partial charge in [0, 0.05) is 13.1 Å². The van der Waals surface area contributed by atoms with Gasteiger partial charge in [-0.2, -0.15) is 0 Å². The first-order valence-corrected chi connectivity index (χ1v) is 8.33. The van der Waals surface area contributed by atoms with Gasteiger partial charge in [0.1, 0.15) is 6.10 Å². The van der Waals surface area contributed by atoms with Gasteiger partial charge in [0.15, 0.2) is 17.4 Å². The number of ether oxygens (including phenoxy) is 1. The highest BCUT2D eigenvalue weighted by atomic mass is 32.1. The molecule has 0 saturated carbocycles. The molecule has 122 valence electrons. The summed E-state index contributed by atoms with van der Waals surface area (Å²) in [7, 11) is 0. The van der Waals surface area contributed by atoms with E-state index < -0.39 is 11.6 Å². The average Bonchev–Trinajstić information content (AvgIpc) is 2.52. The van der Waals surface area contributed by atoms with Crippen molar-refractivity contribution in [2.75, 3.05) is 26.2 Å². The zero-order chi connectivity index (χ0) is 15.5. The van der Waals surface area contributed by atoms with Gasteiger partial charge in [-0.1, -0.05) is 12.8 Å². The second-order valence-corrected chi connectivity index (χ2v) is 6.67. The van der Waals surface area contributed by atoms with Crippen LogP contribution in [0.3, 0.4) is 0 Å². The van der Waals surface area contributed by atoms with Gasteiger partial charge in [0.25, 0.3) is 0 Å². The van der Waals surface area contributed by atoms with E-state index in [4.69, 9.17) is 4.74 Å². The summed E-state index contributed by atoms with van der Waals surface area (Å²) in [6.07, 6.45) is 3.19. The maximum atomic E-state index is 14.3. The maximum Gasteiger partial charge on any atom is 0.191 e. The summed E-state index contributed by atoms with van der Waals surface area (Å²) in [5, 5.41) is 3.21. The molecule has 3 rings (SSSR count). The molecule has 1 aromatic carbocycles. The molecule has 0 unspecified atom stereocenters. The molecule has 1 aromatic rings. The fraction of sp³-hybridized carbons (Fsp3) is 0.625. The minimum atomic E-state index is -0.582. The molecule has 6 heteroatoms. The van der Waals surface area contributed by atoms with Crippen LogP contribution in [0.2, 0.25) is 0 Å². The van der Waals surface area contributed by atoms with Crippen molar-refractivity contribution in [2.24, 2.45) is 0 Å². The lowest BCUT2D eigenvalue weighted by Crippen LogP contribution is -2.34.